The van der Waals surface area contributed by atoms with Crippen molar-refractivity contribution in [1.82, 2.24) is 19.7 Å². The summed E-state index contributed by atoms with van der Waals surface area (Å²) in [6, 6.07) is 15.6. The summed E-state index contributed by atoms with van der Waals surface area (Å²) in [4.78, 5) is 16.8. The second-order valence-corrected chi connectivity index (χ2v) is 8.70. The maximum Gasteiger partial charge on any atom is 0.236 e. The molecule has 158 valence electrons. The number of hydrogen-bond donors (Lipinski definition) is 1. The first-order valence-corrected chi connectivity index (χ1v) is 11.4. The Kier molecular flexibility index (Phi) is 6.63. The first-order valence-electron chi connectivity index (χ1n) is 9.63. The summed E-state index contributed by atoms with van der Waals surface area (Å²) < 4.78 is 8.76. The molecule has 0 saturated heterocycles. The topological polar surface area (TPSA) is 81.9 Å². The third-order valence-electron chi connectivity index (χ3n) is 4.37. The van der Waals surface area contributed by atoms with Gasteiger partial charge in [0.25, 0.3) is 0 Å². The van der Waals surface area contributed by atoms with Crippen molar-refractivity contribution in [2.75, 3.05) is 11.1 Å². The molecule has 0 unspecified atom stereocenters. The molecule has 0 radical (unpaired) electrons. The number of anilines is 1. The molecule has 0 aliphatic carbocycles. The molecule has 9 heteroatoms. The molecule has 0 atom stereocenters. The zero-order chi connectivity index (χ0) is 21.6. The number of carbonyl (C=O) groups is 1. The fourth-order valence-corrected chi connectivity index (χ4v) is 4.49. The number of aromatic nitrogens is 4. The lowest BCUT2D eigenvalue weighted by molar-refractivity contribution is -0.113. The molecule has 4 aromatic rings. The summed E-state index contributed by atoms with van der Waals surface area (Å²) in [5, 5.41) is 12.6. The number of fused-ring (bicyclic) bond motifs is 1. The van der Waals surface area contributed by atoms with E-state index in [-0.39, 0.29) is 18.3 Å². The highest BCUT2D eigenvalue weighted by atomic mass is 32.2. The van der Waals surface area contributed by atoms with Gasteiger partial charge in [-0.15, -0.1) is 16.8 Å². The Labute approximate surface area is 188 Å². The van der Waals surface area contributed by atoms with Crippen molar-refractivity contribution in [2.45, 2.75) is 25.2 Å². The summed E-state index contributed by atoms with van der Waals surface area (Å²) >= 11 is 2.77. The first-order chi connectivity index (χ1) is 15.1. The van der Waals surface area contributed by atoms with Crippen LogP contribution in [0.15, 0.2) is 66.3 Å². The minimum absolute atomic E-state index is 0.144. The monoisotopic (exact) mass is 451 g/mol. The lowest BCUT2D eigenvalue weighted by Crippen LogP contribution is -2.14. The van der Waals surface area contributed by atoms with Gasteiger partial charge < -0.3 is 10.1 Å². The van der Waals surface area contributed by atoms with E-state index >= 15 is 0 Å². The molecule has 0 bridgehead atoms. The van der Waals surface area contributed by atoms with E-state index in [4.69, 9.17) is 4.74 Å². The van der Waals surface area contributed by atoms with Crippen molar-refractivity contribution < 1.29 is 9.53 Å². The lowest BCUT2D eigenvalue weighted by Gasteiger charge is -2.09. The predicted molar refractivity (Wildman–Crippen MR) is 125 cm³/mol. The molecule has 7 nitrogen and oxygen atoms in total. The zero-order valence-electron chi connectivity index (χ0n) is 16.9. The average molecular weight is 452 g/mol. The first kappa shape index (κ1) is 21.1. The van der Waals surface area contributed by atoms with Gasteiger partial charge in [-0.1, -0.05) is 59.0 Å². The summed E-state index contributed by atoms with van der Waals surface area (Å²) in [7, 11) is 0. The molecule has 31 heavy (non-hydrogen) atoms. The van der Waals surface area contributed by atoms with Gasteiger partial charge in [0.15, 0.2) is 16.1 Å². The van der Waals surface area contributed by atoms with E-state index in [1.165, 1.54) is 28.7 Å². The van der Waals surface area contributed by atoms with Gasteiger partial charge >= 0.3 is 0 Å². The molecule has 2 aromatic carbocycles. The van der Waals surface area contributed by atoms with E-state index in [0.717, 1.165) is 16.0 Å². The molecule has 0 saturated carbocycles. The largest absolute Gasteiger partial charge is 0.486 e. The van der Waals surface area contributed by atoms with Crippen LogP contribution < -0.4 is 10.1 Å². The van der Waals surface area contributed by atoms with Gasteiger partial charge in [0.1, 0.15) is 12.4 Å². The Hall–Kier alpha value is -3.17. The number of allylic oxidation sites excluding steroid dienone is 1. The predicted octanol–water partition coefficient (Wildman–Crippen LogP) is 4.69. The van der Waals surface area contributed by atoms with Crippen molar-refractivity contribution in [3.05, 3.63) is 72.6 Å². The number of carbonyl (C=O) groups excluding carboxylic acids is 1. The molecule has 0 fully saturated rings. The number of ether oxygens (including phenoxy) is 1. The number of aryl methyl sites for hydroxylation is 1. The van der Waals surface area contributed by atoms with Crippen LogP contribution in [0.4, 0.5) is 5.13 Å². The minimum atomic E-state index is -0.144. The number of para-hydroxylation sites is 1. The van der Waals surface area contributed by atoms with Crippen LogP contribution in [0, 0.1) is 6.92 Å². The van der Waals surface area contributed by atoms with E-state index in [1.54, 1.807) is 6.08 Å². The van der Waals surface area contributed by atoms with Crippen molar-refractivity contribution in [1.29, 1.82) is 0 Å². The van der Waals surface area contributed by atoms with Crippen molar-refractivity contribution >= 4 is 44.4 Å². The molecule has 0 spiro atoms. The molecular formula is C22H21N5O2S2. The van der Waals surface area contributed by atoms with Crippen LogP contribution in [-0.2, 0) is 17.9 Å². The molecule has 1 N–H and O–H groups in total. The lowest BCUT2D eigenvalue weighted by atomic mass is 10.2. The Morgan fingerprint density at radius 2 is 2.03 bits per heavy atom. The van der Waals surface area contributed by atoms with Gasteiger partial charge in [0.2, 0.25) is 5.91 Å². The Morgan fingerprint density at radius 3 is 2.81 bits per heavy atom. The molecular weight excluding hydrogens is 430 g/mol. The second-order valence-electron chi connectivity index (χ2n) is 6.72. The number of thiazole rings is 1. The number of benzene rings is 2. The fourth-order valence-electron chi connectivity index (χ4n) is 2.84. The van der Waals surface area contributed by atoms with Crippen molar-refractivity contribution in [3.63, 3.8) is 0 Å². The van der Waals surface area contributed by atoms with Gasteiger partial charge in [0, 0.05) is 6.54 Å². The van der Waals surface area contributed by atoms with Crippen LogP contribution in [0.1, 0.15) is 11.4 Å². The number of hydrogen-bond acceptors (Lipinski definition) is 7. The molecule has 2 aromatic heterocycles. The van der Waals surface area contributed by atoms with Gasteiger partial charge in [-0.2, -0.15) is 0 Å². The number of nitrogens with zero attached hydrogens (tertiary/aromatic N) is 4. The van der Waals surface area contributed by atoms with E-state index < -0.39 is 0 Å². The SMILES string of the molecule is C=CCn1c(COc2ccc(C)cc2)nnc1SCC(=O)Nc1nc2ccccc2s1. The van der Waals surface area contributed by atoms with Gasteiger partial charge in [0.05, 0.1) is 16.0 Å². The minimum Gasteiger partial charge on any atom is -0.486 e. The fraction of sp³-hybridized carbons (Fsp3) is 0.182. The summed E-state index contributed by atoms with van der Waals surface area (Å²) in [6.45, 7) is 6.64. The summed E-state index contributed by atoms with van der Waals surface area (Å²) in [5.74, 6) is 1.50. The average Bonchev–Trinajstić information content (AvgIpc) is 3.35. The third-order valence-corrected chi connectivity index (χ3v) is 6.29. The Morgan fingerprint density at radius 1 is 1.23 bits per heavy atom. The Balaban J connectivity index is 1.37. The highest BCUT2D eigenvalue weighted by molar-refractivity contribution is 7.99. The van der Waals surface area contributed by atoms with E-state index in [1.807, 2.05) is 60.0 Å². The number of rotatable bonds is 9. The normalized spacial score (nSPS) is 10.9. The second kappa shape index (κ2) is 9.76. The highest BCUT2D eigenvalue weighted by Crippen LogP contribution is 2.26. The van der Waals surface area contributed by atoms with Crippen LogP contribution in [0.25, 0.3) is 10.2 Å². The number of amides is 1. The number of thioether (sulfide) groups is 1. The van der Waals surface area contributed by atoms with E-state index in [2.05, 4.69) is 27.1 Å². The molecule has 0 aliphatic heterocycles. The standard InChI is InChI=1S/C22H21N5O2S2/c1-3-12-27-19(13-29-16-10-8-15(2)9-11-16)25-26-22(27)30-14-20(28)24-21-23-17-6-4-5-7-18(17)31-21/h3-11H,1,12-14H2,2H3,(H,23,24,28). The van der Waals surface area contributed by atoms with Gasteiger partial charge in [-0.25, -0.2) is 4.98 Å². The maximum absolute atomic E-state index is 12.4. The third kappa shape index (κ3) is 5.31. The van der Waals surface area contributed by atoms with Crippen LogP contribution in [0.5, 0.6) is 5.75 Å². The Bertz CT molecular complexity index is 1170. The van der Waals surface area contributed by atoms with Crippen LogP contribution in [-0.4, -0.2) is 31.4 Å². The molecule has 0 aliphatic rings. The van der Waals surface area contributed by atoms with Crippen LogP contribution in [0.3, 0.4) is 0 Å². The summed E-state index contributed by atoms with van der Waals surface area (Å²) in [5.41, 5.74) is 2.05. The quantitative estimate of drug-likeness (QED) is 0.294. The number of nitrogens with one attached hydrogen (secondary N) is 1. The van der Waals surface area contributed by atoms with E-state index in [0.29, 0.717) is 22.7 Å². The maximum atomic E-state index is 12.4. The van der Waals surface area contributed by atoms with Crippen molar-refractivity contribution in [3.8, 4) is 5.75 Å². The molecule has 2 heterocycles. The smallest absolute Gasteiger partial charge is 0.236 e. The van der Waals surface area contributed by atoms with Crippen LogP contribution >= 0.6 is 23.1 Å². The molecule has 4 rings (SSSR count). The van der Waals surface area contributed by atoms with Gasteiger partial charge in [-0.05, 0) is 31.2 Å². The highest BCUT2D eigenvalue weighted by Gasteiger charge is 2.15. The summed E-state index contributed by atoms with van der Waals surface area (Å²) in [6.07, 6.45) is 1.77. The molecule has 1 amide bonds. The van der Waals surface area contributed by atoms with Crippen LogP contribution in [0.2, 0.25) is 0 Å². The van der Waals surface area contributed by atoms with Crippen molar-refractivity contribution in [2.24, 2.45) is 0 Å². The van der Waals surface area contributed by atoms with E-state index in [9.17, 15) is 4.79 Å². The van der Waals surface area contributed by atoms with Gasteiger partial charge in [-0.3, -0.25) is 9.36 Å². The zero-order valence-corrected chi connectivity index (χ0v) is 18.6.